The molecule has 1 fully saturated rings. The van der Waals surface area contributed by atoms with Crippen molar-refractivity contribution in [1.82, 2.24) is 10.2 Å². The number of fused-ring (bicyclic) bond motifs is 1. The van der Waals surface area contributed by atoms with Crippen molar-refractivity contribution in [1.29, 1.82) is 0 Å². The Morgan fingerprint density at radius 1 is 1.29 bits per heavy atom. The maximum absolute atomic E-state index is 13.0. The zero-order chi connectivity index (χ0) is 20.1. The topological polar surface area (TPSA) is 76.2 Å². The molecule has 2 amide bonds. The molecule has 28 heavy (non-hydrogen) atoms. The number of furan rings is 1. The molecule has 7 nitrogen and oxygen atoms in total. The van der Waals surface area contributed by atoms with E-state index in [1.807, 2.05) is 30.0 Å². The van der Waals surface area contributed by atoms with E-state index in [-0.39, 0.29) is 11.8 Å². The molecule has 2 aromatic rings. The number of amides is 2. The van der Waals surface area contributed by atoms with Gasteiger partial charge in [0.15, 0.2) is 12.3 Å². The SMILES string of the molecule is CCCCNC(=O)C[NH+]1CCN(C(=O)c2oc3ccc(OC)cc3c2C)CC1. The van der Waals surface area contributed by atoms with Gasteiger partial charge >= 0.3 is 0 Å². The van der Waals surface area contributed by atoms with Crippen LogP contribution in [0.5, 0.6) is 5.75 Å². The Kier molecular flexibility index (Phi) is 6.57. The number of carbonyl (C=O) groups excluding carboxylic acids is 2. The Morgan fingerprint density at radius 3 is 2.71 bits per heavy atom. The molecule has 2 N–H and O–H groups in total. The van der Waals surface area contributed by atoms with E-state index in [1.54, 1.807) is 7.11 Å². The Labute approximate surface area is 165 Å². The van der Waals surface area contributed by atoms with Gasteiger partial charge in [-0.2, -0.15) is 0 Å². The normalized spacial score (nSPS) is 15.0. The molecular weight excluding hydrogens is 358 g/mol. The minimum atomic E-state index is -0.0842. The average molecular weight is 388 g/mol. The molecule has 0 spiro atoms. The van der Waals surface area contributed by atoms with E-state index in [1.165, 1.54) is 4.90 Å². The number of carbonyl (C=O) groups is 2. The van der Waals surface area contributed by atoms with Crippen molar-refractivity contribution < 1.29 is 23.6 Å². The largest absolute Gasteiger partial charge is 0.497 e. The average Bonchev–Trinajstić information content (AvgIpc) is 3.04. The van der Waals surface area contributed by atoms with E-state index in [0.29, 0.717) is 31.0 Å². The van der Waals surface area contributed by atoms with Crippen molar-refractivity contribution in [2.75, 3.05) is 46.4 Å². The molecule has 0 saturated carbocycles. The van der Waals surface area contributed by atoms with Gasteiger partial charge in [0.1, 0.15) is 11.3 Å². The number of benzene rings is 1. The minimum absolute atomic E-state index is 0.0842. The van der Waals surface area contributed by atoms with Gasteiger partial charge in [-0.05, 0) is 31.5 Å². The summed E-state index contributed by atoms with van der Waals surface area (Å²) in [6, 6.07) is 5.55. The van der Waals surface area contributed by atoms with Crippen molar-refractivity contribution in [3.05, 3.63) is 29.5 Å². The third-order valence-corrected chi connectivity index (χ3v) is 5.36. The van der Waals surface area contributed by atoms with E-state index in [4.69, 9.17) is 9.15 Å². The first-order valence-corrected chi connectivity index (χ1v) is 10.00. The third kappa shape index (κ3) is 4.47. The number of piperazine rings is 1. The number of rotatable bonds is 7. The standard InChI is InChI=1S/C21H29N3O4/c1-4-5-8-22-19(25)14-23-9-11-24(12-10-23)21(26)20-15(2)17-13-16(27-3)6-7-18(17)28-20/h6-7,13H,4-5,8-12,14H2,1-3H3,(H,22,25)/p+1. The Hall–Kier alpha value is -2.54. The highest BCUT2D eigenvalue weighted by molar-refractivity contribution is 5.99. The molecule has 0 bridgehead atoms. The van der Waals surface area contributed by atoms with Gasteiger partial charge in [-0.15, -0.1) is 0 Å². The van der Waals surface area contributed by atoms with Crippen LogP contribution in [-0.2, 0) is 4.79 Å². The minimum Gasteiger partial charge on any atom is -0.497 e. The summed E-state index contributed by atoms with van der Waals surface area (Å²) in [5, 5.41) is 3.86. The first-order valence-electron chi connectivity index (χ1n) is 10.00. The number of ether oxygens (including phenoxy) is 1. The van der Waals surface area contributed by atoms with E-state index in [2.05, 4.69) is 12.2 Å². The molecule has 0 unspecified atom stereocenters. The molecule has 1 aromatic heterocycles. The van der Waals surface area contributed by atoms with Gasteiger partial charge < -0.3 is 24.3 Å². The zero-order valence-electron chi connectivity index (χ0n) is 17.0. The monoisotopic (exact) mass is 388 g/mol. The van der Waals surface area contributed by atoms with Gasteiger partial charge in [0, 0.05) is 17.5 Å². The molecule has 0 atom stereocenters. The second-order valence-corrected chi connectivity index (χ2v) is 7.34. The number of nitrogens with one attached hydrogen (secondary N) is 2. The highest BCUT2D eigenvalue weighted by Gasteiger charge is 2.29. The van der Waals surface area contributed by atoms with Crippen LogP contribution in [0.2, 0.25) is 0 Å². The van der Waals surface area contributed by atoms with Crippen LogP contribution < -0.4 is 15.0 Å². The van der Waals surface area contributed by atoms with E-state index in [0.717, 1.165) is 49.2 Å². The van der Waals surface area contributed by atoms with Crippen LogP contribution >= 0.6 is 0 Å². The van der Waals surface area contributed by atoms with Crippen molar-refractivity contribution in [2.24, 2.45) is 0 Å². The molecule has 1 aliphatic heterocycles. The second kappa shape index (κ2) is 9.10. The van der Waals surface area contributed by atoms with Crippen molar-refractivity contribution in [3.63, 3.8) is 0 Å². The Bertz CT molecular complexity index is 838. The molecule has 1 aliphatic rings. The summed E-state index contributed by atoms with van der Waals surface area (Å²) in [5.41, 5.74) is 1.53. The van der Waals surface area contributed by atoms with Gasteiger partial charge in [-0.25, -0.2) is 0 Å². The fraction of sp³-hybridized carbons (Fsp3) is 0.524. The highest BCUT2D eigenvalue weighted by atomic mass is 16.5. The lowest BCUT2D eigenvalue weighted by atomic mass is 10.1. The van der Waals surface area contributed by atoms with Crippen LogP contribution in [0.3, 0.4) is 0 Å². The van der Waals surface area contributed by atoms with Crippen LogP contribution in [0.1, 0.15) is 35.9 Å². The molecule has 0 aliphatic carbocycles. The summed E-state index contributed by atoms with van der Waals surface area (Å²) >= 11 is 0. The first kappa shape index (κ1) is 20.2. The summed E-state index contributed by atoms with van der Waals surface area (Å²) in [4.78, 5) is 28.0. The van der Waals surface area contributed by atoms with E-state index < -0.39 is 0 Å². The third-order valence-electron chi connectivity index (χ3n) is 5.36. The van der Waals surface area contributed by atoms with E-state index >= 15 is 0 Å². The highest BCUT2D eigenvalue weighted by Crippen LogP contribution is 2.29. The molecule has 7 heteroatoms. The van der Waals surface area contributed by atoms with Crippen molar-refractivity contribution in [2.45, 2.75) is 26.7 Å². The van der Waals surface area contributed by atoms with Gasteiger partial charge in [-0.1, -0.05) is 13.3 Å². The second-order valence-electron chi connectivity index (χ2n) is 7.34. The summed E-state index contributed by atoms with van der Waals surface area (Å²) < 4.78 is 11.1. The summed E-state index contributed by atoms with van der Waals surface area (Å²) in [6.45, 7) is 7.99. The predicted molar refractivity (Wildman–Crippen MR) is 107 cm³/mol. The molecule has 2 heterocycles. The van der Waals surface area contributed by atoms with Gasteiger partial charge in [0.25, 0.3) is 11.8 Å². The quantitative estimate of drug-likeness (QED) is 0.694. The zero-order valence-corrected chi connectivity index (χ0v) is 17.0. The van der Waals surface area contributed by atoms with Crippen LogP contribution in [0.25, 0.3) is 11.0 Å². The Morgan fingerprint density at radius 2 is 2.04 bits per heavy atom. The van der Waals surface area contributed by atoms with Gasteiger partial charge in [0.05, 0.1) is 33.3 Å². The lowest BCUT2D eigenvalue weighted by Crippen LogP contribution is -3.15. The van der Waals surface area contributed by atoms with Crippen LogP contribution in [0, 0.1) is 6.92 Å². The van der Waals surface area contributed by atoms with Crippen molar-refractivity contribution in [3.8, 4) is 5.75 Å². The number of nitrogens with zero attached hydrogens (tertiary/aromatic N) is 1. The van der Waals surface area contributed by atoms with Crippen LogP contribution in [0.15, 0.2) is 22.6 Å². The van der Waals surface area contributed by atoms with E-state index in [9.17, 15) is 9.59 Å². The molecule has 3 rings (SSSR count). The maximum Gasteiger partial charge on any atom is 0.290 e. The first-order chi connectivity index (χ1) is 13.5. The molecule has 152 valence electrons. The fourth-order valence-electron chi connectivity index (χ4n) is 3.57. The lowest BCUT2D eigenvalue weighted by molar-refractivity contribution is -0.896. The number of hydrogen-bond donors (Lipinski definition) is 2. The van der Waals surface area contributed by atoms with Gasteiger partial charge in [0.2, 0.25) is 0 Å². The predicted octanol–water partition coefficient (Wildman–Crippen LogP) is 1.01. The van der Waals surface area contributed by atoms with Crippen LogP contribution in [-0.4, -0.2) is 63.1 Å². The molecule has 0 radical (unpaired) electrons. The number of methoxy groups -OCH3 is 1. The summed E-state index contributed by atoms with van der Waals surface area (Å²) in [7, 11) is 1.62. The molecule has 1 saturated heterocycles. The Balaban J connectivity index is 1.59. The fourth-order valence-corrected chi connectivity index (χ4v) is 3.57. The number of quaternary nitrogens is 1. The summed E-state index contributed by atoms with van der Waals surface area (Å²) in [6.07, 6.45) is 2.08. The number of hydrogen-bond acceptors (Lipinski definition) is 4. The lowest BCUT2D eigenvalue weighted by Gasteiger charge is -2.31. The maximum atomic E-state index is 13.0. The van der Waals surface area contributed by atoms with Crippen molar-refractivity contribution >= 4 is 22.8 Å². The smallest absolute Gasteiger partial charge is 0.290 e. The number of unbranched alkanes of at least 4 members (excludes halogenated alkanes) is 1. The molecular formula is C21H30N3O4+. The van der Waals surface area contributed by atoms with Gasteiger partial charge in [-0.3, -0.25) is 9.59 Å². The summed E-state index contributed by atoms with van der Waals surface area (Å²) in [5.74, 6) is 1.14. The molecule has 1 aromatic carbocycles. The van der Waals surface area contributed by atoms with Crippen LogP contribution in [0.4, 0.5) is 0 Å². The number of aryl methyl sites for hydroxylation is 1.